The Balaban J connectivity index is 1.48. The fraction of sp³-hybridized carbons (Fsp3) is 0.294. The van der Waals surface area contributed by atoms with Gasteiger partial charge in [-0.2, -0.15) is 5.10 Å². The fourth-order valence-corrected chi connectivity index (χ4v) is 3.45. The fourth-order valence-electron chi connectivity index (χ4n) is 2.35. The molecule has 6 nitrogen and oxygen atoms in total. The number of morpholine rings is 1. The Morgan fingerprint density at radius 1 is 1.24 bits per heavy atom. The Morgan fingerprint density at radius 3 is 2.72 bits per heavy atom. The number of ether oxygens (including phenoxy) is 2. The lowest BCUT2D eigenvalue weighted by molar-refractivity contribution is 0.123. The highest BCUT2D eigenvalue weighted by atomic mass is 32.1. The largest absolute Gasteiger partial charge is 0.497 e. The van der Waals surface area contributed by atoms with E-state index in [2.05, 4.69) is 32.9 Å². The molecule has 0 saturated carbocycles. The van der Waals surface area contributed by atoms with E-state index in [4.69, 9.17) is 21.7 Å². The minimum atomic E-state index is 0.436. The van der Waals surface area contributed by atoms with Gasteiger partial charge < -0.3 is 19.7 Å². The molecule has 2 aromatic rings. The van der Waals surface area contributed by atoms with Gasteiger partial charge in [-0.25, -0.2) is 0 Å². The van der Waals surface area contributed by atoms with Crippen molar-refractivity contribution in [2.75, 3.05) is 43.6 Å². The van der Waals surface area contributed by atoms with Crippen molar-refractivity contribution < 1.29 is 9.47 Å². The first-order chi connectivity index (χ1) is 12.2. The van der Waals surface area contributed by atoms with Gasteiger partial charge in [0.05, 0.1) is 31.5 Å². The highest BCUT2D eigenvalue weighted by Crippen LogP contribution is 2.25. The van der Waals surface area contributed by atoms with Crippen LogP contribution in [0.5, 0.6) is 5.75 Å². The minimum absolute atomic E-state index is 0.436. The summed E-state index contributed by atoms with van der Waals surface area (Å²) in [6.07, 6.45) is 1.77. The standard InChI is InChI=1S/C17H20N4O2S2/c1-22-14-4-2-13(3-5-14)19-17(24)20-18-12-15-6-7-16(25-15)21-8-10-23-11-9-21/h2-7,12H,8-11H2,1H3,(H2,19,20,24)/b18-12-. The maximum Gasteiger partial charge on any atom is 0.191 e. The molecular formula is C17H20N4O2S2. The highest BCUT2D eigenvalue weighted by Gasteiger charge is 2.12. The van der Waals surface area contributed by atoms with Gasteiger partial charge in [-0.3, -0.25) is 5.43 Å². The molecule has 1 aromatic heterocycles. The molecule has 0 atom stereocenters. The minimum Gasteiger partial charge on any atom is -0.497 e. The number of hydrogen-bond donors (Lipinski definition) is 2. The van der Waals surface area contributed by atoms with E-state index in [9.17, 15) is 0 Å². The molecule has 1 aliphatic rings. The second-order valence-corrected chi connectivity index (χ2v) is 6.83. The van der Waals surface area contributed by atoms with Gasteiger partial charge in [0, 0.05) is 23.7 Å². The van der Waals surface area contributed by atoms with Crippen molar-refractivity contribution >= 4 is 45.6 Å². The zero-order valence-corrected chi connectivity index (χ0v) is 15.5. The number of thiophene rings is 1. The van der Waals surface area contributed by atoms with Crippen LogP contribution < -0.4 is 20.4 Å². The first kappa shape index (κ1) is 17.7. The van der Waals surface area contributed by atoms with Crippen LogP contribution in [0.25, 0.3) is 0 Å². The lowest BCUT2D eigenvalue weighted by atomic mass is 10.3. The van der Waals surface area contributed by atoms with E-state index in [-0.39, 0.29) is 0 Å². The van der Waals surface area contributed by atoms with Crippen LogP contribution in [0.1, 0.15) is 4.88 Å². The Bertz CT molecular complexity index is 725. The van der Waals surface area contributed by atoms with Gasteiger partial charge in [-0.1, -0.05) is 0 Å². The van der Waals surface area contributed by atoms with E-state index < -0.39 is 0 Å². The molecule has 0 aliphatic carbocycles. The molecule has 0 amide bonds. The zero-order chi connectivity index (χ0) is 17.5. The van der Waals surface area contributed by atoms with Gasteiger partial charge in [0.25, 0.3) is 0 Å². The van der Waals surface area contributed by atoms with Crippen molar-refractivity contribution in [1.82, 2.24) is 5.43 Å². The maximum absolute atomic E-state index is 5.38. The van der Waals surface area contributed by atoms with Gasteiger partial charge in [0.1, 0.15) is 5.75 Å². The first-order valence-corrected chi connectivity index (χ1v) is 9.14. The van der Waals surface area contributed by atoms with Gasteiger partial charge in [0.2, 0.25) is 0 Å². The van der Waals surface area contributed by atoms with Crippen molar-refractivity contribution in [2.45, 2.75) is 0 Å². The number of rotatable bonds is 5. The summed E-state index contributed by atoms with van der Waals surface area (Å²) >= 11 is 6.94. The monoisotopic (exact) mass is 376 g/mol. The predicted molar refractivity (Wildman–Crippen MR) is 107 cm³/mol. The van der Waals surface area contributed by atoms with Crippen LogP contribution in [0.3, 0.4) is 0 Å². The van der Waals surface area contributed by atoms with Gasteiger partial charge in [-0.15, -0.1) is 11.3 Å². The summed E-state index contributed by atoms with van der Waals surface area (Å²) in [5.74, 6) is 0.802. The van der Waals surface area contributed by atoms with E-state index in [1.54, 1.807) is 24.7 Å². The summed E-state index contributed by atoms with van der Waals surface area (Å²) < 4.78 is 10.5. The normalized spacial score (nSPS) is 14.5. The van der Waals surface area contributed by atoms with Crippen LogP contribution in [0.15, 0.2) is 41.5 Å². The second-order valence-electron chi connectivity index (χ2n) is 5.33. The molecule has 3 rings (SSSR count). The summed E-state index contributed by atoms with van der Waals surface area (Å²) in [5, 5.41) is 8.94. The topological polar surface area (TPSA) is 58.1 Å². The summed E-state index contributed by atoms with van der Waals surface area (Å²) in [6, 6.07) is 11.7. The summed E-state index contributed by atoms with van der Waals surface area (Å²) in [7, 11) is 1.64. The molecule has 0 spiro atoms. The maximum atomic E-state index is 5.38. The van der Waals surface area contributed by atoms with Gasteiger partial charge in [0.15, 0.2) is 5.11 Å². The molecule has 25 heavy (non-hydrogen) atoms. The van der Waals surface area contributed by atoms with Crippen LogP contribution in [0.2, 0.25) is 0 Å². The molecule has 0 radical (unpaired) electrons. The van der Waals surface area contributed by atoms with Crippen LogP contribution in [-0.2, 0) is 4.74 Å². The Morgan fingerprint density at radius 2 is 2.00 bits per heavy atom. The molecule has 1 aromatic carbocycles. The quantitative estimate of drug-likeness (QED) is 0.475. The number of hydrazone groups is 1. The summed E-state index contributed by atoms with van der Waals surface area (Å²) in [5.41, 5.74) is 3.70. The summed E-state index contributed by atoms with van der Waals surface area (Å²) in [4.78, 5) is 3.40. The lowest BCUT2D eigenvalue weighted by Crippen LogP contribution is -2.35. The Hall–Kier alpha value is -2.16. The number of benzene rings is 1. The SMILES string of the molecule is COc1ccc(NC(=S)N/N=C\c2ccc(N3CCOCC3)s2)cc1. The number of nitrogens with zero attached hydrogens (tertiary/aromatic N) is 2. The third kappa shape index (κ3) is 5.15. The molecule has 1 saturated heterocycles. The summed E-state index contributed by atoms with van der Waals surface area (Å²) in [6.45, 7) is 3.44. The van der Waals surface area contributed by atoms with E-state index in [0.717, 1.165) is 42.6 Å². The molecule has 0 bridgehead atoms. The van der Waals surface area contributed by atoms with Crippen molar-refractivity contribution in [2.24, 2.45) is 5.10 Å². The van der Waals surface area contributed by atoms with Crippen LogP contribution in [-0.4, -0.2) is 44.7 Å². The van der Waals surface area contributed by atoms with Crippen molar-refractivity contribution in [3.05, 3.63) is 41.3 Å². The third-order valence-electron chi connectivity index (χ3n) is 3.64. The van der Waals surface area contributed by atoms with Crippen LogP contribution in [0.4, 0.5) is 10.7 Å². The van der Waals surface area contributed by atoms with Crippen molar-refractivity contribution in [1.29, 1.82) is 0 Å². The molecule has 132 valence electrons. The number of thiocarbonyl (C=S) groups is 1. The lowest BCUT2D eigenvalue weighted by Gasteiger charge is -2.27. The predicted octanol–water partition coefficient (Wildman–Crippen LogP) is 2.91. The van der Waals surface area contributed by atoms with Crippen LogP contribution in [0, 0.1) is 0 Å². The first-order valence-electron chi connectivity index (χ1n) is 7.91. The van der Waals surface area contributed by atoms with Crippen molar-refractivity contribution in [3.8, 4) is 5.75 Å². The molecule has 0 unspecified atom stereocenters. The van der Waals surface area contributed by atoms with E-state index in [0.29, 0.717) is 5.11 Å². The van der Waals surface area contributed by atoms with Crippen molar-refractivity contribution in [3.63, 3.8) is 0 Å². The molecule has 1 aliphatic heterocycles. The molecule has 8 heteroatoms. The van der Waals surface area contributed by atoms with Gasteiger partial charge >= 0.3 is 0 Å². The highest BCUT2D eigenvalue weighted by molar-refractivity contribution is 7.80. The average molecular weight is 377 g/mol. The van der Waals surface area contributed by atoms with Crippen LogP contribution >= 0.6 is 23.6 Å². The number of hydrogen-bond acceptors (Lipinski definition) is 6. The van der Waals surface area contributed by atoms with E-state index in [1.807, 2.05) is 24.3 Å². The number of anilines is 2. The average Bonchev–Trinajstić information content (AvgIpc) is 3.12. The number of methoxy groups -OCH3 is 1. The third-order valence-corrected chi connectivity index (χ3v) is 4.92. The molecule has 2 N–H and O–H groups in total. The zero-order valence-electron chi connectivity index (χ0n) is 13.9. The molecular weight excluding hydrogens is 356 g/mol. The Labute approximate surface area is 156 Å². The van der Waals surface area contributed by atoms with E-state index >= 15 is 0 Å². The molecule has 2 heterocycles. The Kier molecular flexibility index (Phi) is 6.21. The molecule has 1 fully saturated rings. The second kappa shape index (κ2) is 8.80. The number of nitrogens with one attached hydrogen (secondary N) is 2. The van der Waals surface area contributed by atoms with Gasteiger partial charge in [-0.05, 0) is 48.6 Å². The smallest absolute Gasteiger partial charge is 0.191 e. The van der Waals surface area contributed by atoms with E-state index in [1.165, 1.54) is 5.00 Å².